The van der Waals surface area contributed by atoms with Gasteiger partial charge in [-0.2, -0.15) is 8.78 Å². The number of methoxy groups -OCH3 is 1. The molecule has 0 amide bonds. The summed E-state index contributed by atoms with van der Waals surface area (Å²) < 4.78 is 62.9. The van der Waals surface area contributed by atoms with E-state index in [0.717, 1.165) is 0 Å². The molecule has 0 aromatic heterocycles. The third-order valence-corrected chi connectivity index (χ3v) is 5.43. The maximum Gasteiger partial charge on any atom is 0.387 e. The Morgan fingerprint density at radius 1 is 1.21 bits per heavy atom. The summed E-state index contributed by atoms with van der Waals surface area (Å²) in [6, 6.07) is 13.2. The van der Waals surface area contributed by atoms with Gasteiger partial charge in [-0.05, 0) is 35.4 Å². The van der Waals surface area contributed by atoms with E-state index >= 15 is 0 Å². The molecule has 10 heteroatoms. The highest BCUT2D eigenvalue weighted by molar-refractivity contribution is 5.98. The van der Waals surface area contributed by atoms with Crippen LogP contribution < -0.4 is 15.8 Å². The largest absolute Gasteiger partial charge is 0.435 e. The predicted molar refractivity (Wildman–Crippen MR) is 114 cm³/mol. The molecule has 0 saturated carbocycles. The minimum Gasteiger partial charge on any atom is -0.435 e. The Labute approximate surface area is 188 Å². The van der Waals surface area contributed by atoms with Gasteiger partial charge in [0, 0.05) is 12.7 Å². The van der Waals surface area contributed by atoms with Crippen molar-refractivity contribution >= 4 is 5.84 Å². The highest BCUT2D eigenvalue weighted by atomic mass is 19.3. The molecule has 1 fully saturated rings. The number of amidine groups is 1. The van der Waals surface area contributed by atoms with Gasteiger partial charge in [-0.3, -0.25) is 16.0 Å². The van der Waals surface area contributed by atoms with E-state index < -0.39 is 37.5 Å². The van der Waals surface area contributed by atoms with Crippen molar-refractivity contribution in [2.75, 3.05) is 26.8 Å². The lowest BCUT2D eigenvalue weighted by Crippen LogP contribution is -2.52. The summed E-state index contributed by atoms with van der Waals surface area (Å²) in [4.78, 5) is 5.55. The van der Waals surface area contributed by atoms with Crippen LogP contribution in [0.4, 0.5) is 17.6 Å². The molecular formula is C23H22F4N4O2. The maximum absolute atomic E-state index is 14.1. The van der Waals surface area contributed by atoms with Gasteiger partial charge in [0.1, 0.15) is 36.6 Å². The van der Waals surface area contributed by atoms with Crippen LogP contribution in [0.1, 0.15) is 16.7 Å². The highest BCUT2D eigenvalue weighted by Gasteiger charge is 2.55. The second-order valence-corrected chi connectivity index (χ2v) is 7.68. The molecule has 2 aromatic rings. The van der Waals surface area contributed by atoms with Crippen molar-refractivity contribution < 1.29 is 27.0 Å². The second-order valence-electron chi connectivity index (χ2n) is 7.68. The number of alkyl halides is 4. The zero-order valence-electron chi connectivity index (χ0n) is 17.7. The van der Waals surface area contributed by atoms with E-state index in [1.165, 1.54) is 24.1 Å². The van der Waals surface area contributed by atoms with Crippen LogP contribution in [0.15, 0.2) is 53.5 Å². The molecule has 4 rings (SSSR count). The monoisotopic (exact) mass is 462 g/mol. The molecule has 1 unspecified atom stereocenters. The molecule has 0 radical (unpaired) electrons. The number of aliphatic imine (C=N–C) groups is 1. The standard InChI is InChI=1S/C23H22F4N4O2/c1-32-11-3-5-15-4-2-6-17(12-15)23(16-7-9-18(10-8-16)33-20(24)25)19-29-13-22(26,27)14-31(19)21(28)30-23/h2,4,6-10,12,20-21,30H,11,13-14,28H2,1H3/t21?,23-/m1/s1. The van der Waals surface area contributed by atoms with Gasteiger partial charge >= 0.3 is 6.61 Å². The molecule has 0 spiro atoms. The number of nitrogens with two attached hydrogens (primary N) is 1. The number of hydrogen-bond acceptors (Lipinski definition) is 6. The van der Waals surface area contributed by atoms with E-state index in [9.17, 15) is 17.6 Å². The van der Waals surface area contributed by atoms with E-state index in [4.69, 9.17) is 10.5 Å². The Morgan fingerprint density at radius 3 is 2.67 bits per heavy atom. The first kappa shape index (κ1) is 23.0. The predicted octanol–water partition coefficient (Wildman–Crippen LogP) is 2.72. The fraction of sp³-hybridized carbons (Fsp3) is 0.348. The van der Waals surface area contributed by atoms with Crippen molar-refractivity contribution in [3.05, 3.63) is 65.2 Å². The molecule has 1 saturated heterocycles. The molecule has 6 nitrogen and oxygen atoms in total. The topological polar surface area (TPSA) is 72.1 Å². The van der Waals surface area contributed by atoms with E-state index in [1.54, 1.807) is 18.2 Å². The summed E-state index contributed by atoms with van der Waals surface area (Å²) in [5.41, 5.74) is 6.95. The van der Waals surface area contributed by atoms with Gasteiger partial charge in [0.05, 0.1) is 6.54 Å². The number of nitrogens with zero attached hydrogens (tertiary/aromatic N) is 2. The van der Waals surface area contributed by atoms with Crippen LogP contribution in [-0.2, 0) is 10.3 Å². The third kappa shape index (κ3) is 4.53. The number of rotatable bonds is 5. The van der Waals surface area contributed by atoms with Gasteiger partial charge in [0.2, 0.25) is 0 Å². The highest BCUT2D eigenvalue weighted by Crippen LogP contribution is 2.41. The Kier molecular flexibility index (Phi) is 6.30. The van der Waals surface area contributed by atoms with Crippen molar-refractivity contribution in [1.82, 2.24) is 10.2 Å². The minimum atomic E-state index is -3.03. The normalized spacial score (nSPS) is 23.5. The Hall–Kier alpha value is -3.13. The maximum atomic E-state index is 14.1. The van der Waals surface area contributed by atoms with Crippen LogP contribution in [0, 0.1) is 11.8 Å². The number of nitrogens with one attached hydrogen (secondary N) is 1. The number of halogens is 4. The van der Waals surface area contributed by atoms with Crippen LogP contribution >= 0.6 is 0 Å². The van der Waals surface area contributed by atoms with Crippen LogP contribution in [0.5, 0.6) is 5.75 Å². The number of hydrogen-bond donors (Lipinski definition) is 2. The van der Waals surface area contributed by atoms with Gasteiger partial charge < -0.3 is 14.4 Å². The minimum absolute atomic E-state index is 0.0284. The summed E-state index contributed by atoms with van der Waals surface area (Å²) >= 11 is 0. The van der Waals surface area contributed by atoms with Gasteiger partial charge in [0.25, 0.3) is 5.92 Å². The molecule has 174 valence electrons. The smallest absolute Gasteiger partial charge is 0.387 e. The fourth-order valence-corrected chi connectivity index (χ4v) is 4.10. The van der Waals surface area contributed by atoms with Crippen LogP contribution in [0.25, 0.3) is 0 Å². The summed E-state index contributed by atoms with van der Waals surface area (Å²) in [5.74, 6) is 3.14. The lowest BCUT2D eigenvalue weighted by molar-refractivity contribution is -0.0498. The van der Waals surface area contributed by atoms with Crippen molar-refractivity contribution in [1.29, 1.82) is 0 Å². The molecule has 2 aliphatic heterocycles. The van der Waals surface area contributed by atoms with Gasteiger partial charge in [-0.1, -0.05) is 36.1 Å². The third-order valence-electron chi connectivity index (χ3n) is 5.43. The van der Waals surface area contributed by atoms with Crippen molar-refractivity contribution in [2.24, 2.45) is 10.7 Å². The molecule has 3 N–H and O–H groups in total. The van der Waals surface area contributed by atoms with Crippen LogP contribution in [-0.4, -0.2) is 56.4 Å². The summed E-state index contributed by atoms with van der Waals surface area (Å²) in [6.45, 7) is -4.00. The molecule has 2 heterocycles. The molecular weight excluding hydrogens is 440 g/mol. The van der Waals surface area contributed by atoms with Crippen LogP contribution in [0.2, 0.25) is 0 Å². The van der Waals surface area contributed by atoms with E-state index in [2.05, 4.69) is 26.9 Å². The summed E-state index contributed by atoms with van der Waals surface area (Å²) in [7, 11) is 1.54. The van der Waals surface area contributed by atoms with Crippen molar-refractivity contribution in [3.8, 4) is 17.6 Å². The first-order valence-corrected chi connectivity index (χ1v) is 10.1. The lowest BCUT2D eigenvalue weighted by atomic mass is 9.81. The Morgan fingerprint density at radius 2 is 1.97 bits per heavy atom. The first-order valence-electron chi connectivity index (χ1n) is 10.1. The van der Waals surface area contributed by atoms with Gasteiger partial charge in [-0.15, -0.1) is 0 Å². The molecule has 33 heavy (non-hydrogen) atoms. The van der Waals surface area contributed by atoms with E-state index in [0.29, 0.717) is 22.5 Å². The SMILES string of the molecule is COCC#Cc1cccc([C@@]2(c3ccc(OC(F)F)cc3)NC(N)N3CC(F)(F)CN=C32)c1. The number of ether oxygens (including phenoxy) is 2. The molecule has 2 aromatic carbocycles. The zero-order valence-corrected chi connectivity index (χ0v) is 17.7. The van der Waals surface area contributed by atoms with Crippen LogP contribution in [0.3, 0.4) is 0 Å². The van der Waals surface area contributed by atoms with Crippen molar-refractivity contribution in [2.45, 2.75) is 24.4 Å². The average molecular weight is 462 g/mol. The first-order chi connectivity index (χ1) is 15.7. The second kappa shape index (κ2) is 9.02. The van der Waals surface area contributed by atoms with Gasteiger partial charge in [0.15, 0.2) is 0 Å². The Bertz CT molecular complexity index is 1100. The number of fused-ring (bicyclic) bond motifs is 1. The summed E-state index contributed by atoms with van der Waals surface area (Å²) in [5, 5.41) is 3.21. The average Bonchev–Trinajstić information content (AvgIpc) is 3.06. The quantitative estimate of drug-likeness (QED) is 0.528. The molecule has 2 aliphatic rings. The van der Waals surface area contributed by atoms with E-state index in [-0.39, 0.29) is 12.4 Å². The summed E-state index contributed by atoms with van der Waals surface area (Å²) in [6.07, 6.45) is -0.949. The molecule has 0 bridgehead atoms. The Balaban J connectivity index is 1.85. The zero-order chi connectivity index (χ0) is 23.6. The van der Waals surface area contributed by atoms with Gasteiger partial charge in [-0.25, -0.2) is 8.78 Å². The number of benzene rings is 2. The lowest BCUT2D eigenvalue weighted by Gasteiger charge is -2.36. The molecule has 2 atom stereocenters. The van der Waals surface area contributed by atoms with E-state index in [1.807, 2.05) is 18.2 Å². The fourth-order valence-electron chi connectivity index (χ4n) is 4.10. The molecule has 0 aliphatic carbocycles. The van der Waals surface area contributed by atoms with Crippen molar-refractivity contribution in [3.63, 3.8) is 0 Å².